The first-order valence-corrected chi connectivity index (χ1v) is 6.92. The number of nitrogens with zero attached hydrogens (tertiary/aromatic N) is 2. The standard InChI is InChI=1S/C12H18BrN3O/c1-2-4-14-12-10(13)7-15-11(16-12)6-9-3-5-17-8-9/h7,9H,2-6,8H2,1H3,(H,14,15,16). The predicted octanol–water partition coefficient (Wildman–Crippen LogP) is 2.64. The van der Waals surface area contributed by atoms with E-state index in [2.05, 4.69) is 38.1 Å². The highest BCUT2D eigenvalue weighted by Gasteiger charge is 2.17. The van der Waals surface area contributed by atoms with Crippen LogP contribution in [0.5, 0.6) is 0 Å². The number of hydrogen-bond donors (Lipinski definition) is 1. The quantitative estimate of drug-likeness (QED) is 0.908. The molecule has 2 heterocycles. The molecule has 5 heteroatoms. The first kappa shape index (κ1) is 12.8. The highest BCUT2D eigenvalue weighted by atomic mass is 79.9. The van der Waals surface area contributed by atoms with E-state index in [9.17, 15) is 0 Å². The van der Waals surface area contributed by atoms with Crippen LogP contribution in [0.4, 0.5) is 5.82 Å². The van der Waals surface area contributed by atoms with Gasteiger partial charge in [-0.15, -0.1) is 0 Å². The van der Waals surface area contributed by atoms with Crippen molar-refractivity contribution < 1.29 is 4.74 Å². The van der Waals surface area contributed by atoms with Gasteiger partial charge in [-0.05, 0) is 34.7 Å². The Labute approximate surface area is 110 Å². The van der Waals surface area contributed by atoms with Crippen LogP contribution in [0.15, 0.2) is 10.7 Å². The van der Waals surface area contributed by atoms with Gasteiger partial charge in [0.1, 0.15) is 11.6 Å². The molecule has 4 nitrogen and oxygen atoms in total. The van der Waals surface area contributed by atoms with Crippen LogP contribution in [0.1, 0.15) is 25.6 Å². The van der Waals surface area contributed by atoms with Crippen LogP contribution in [-0.2, 0) is 11.2 Å². The molecule has 1 saturated heterocycles. The molecule has 1 N–H and O–H groups in total. The number of nitrogens with one attached hydrogen (secondary N) is 1. The Balaban J connectivity index is 2.01. The van der Waals surface area contributed by atoms with Gasteiger partial charge in [0, 0.05) is 32.4 Å². The topological polar surface area (TPSA) is 47.0 Å². The van der Waals surface area contributed by atoms with E-state index in [-0.39, 0.29) is 0 Å². The molecule has 1 aliphatic rings. The number of halogens is 1. The van der Waals surface area contributed by atoms with E-state index in [1.807, 2.05) is 6.20 Å². The lowest BCUT2D eigenvalue weighted by Gasteiger charge is -2.10. The Morgan fingerprint density at radius 2 is 2.47 bits per heavy atom. The van der Waals surface area contributed by atoms with E-state index in [0.29, 0.717) is 5.92 Å². The predicted molar refractivity (Wildman–Crippen MR) is 71.1 cm³/mol. The van der Waals surface area contributed by atoms with Gasteiger partial charge >= 0.3 is 0 Å². The molecule has 1 atom stereocenters. The maximum absolute atomic E-state index is 5.37. The summed E-state index contributed by atoms with van der Waals surface area (Å²) in [4.78, 5) is 8.91. The highest BCUT2D eigenvalue weighted by Crippen LogP contribution is 2.21. The van der Waals surface area contributed by atoms with Crippen molar-refractivity contribution in [2.24, 2.45) is 5.92 Å². The van der Waals surface area contributed by atoms with E-state index in [0.717, 1.165) is 55.1 Å². The summed E-state index contributed by atoms with van der Waals surface area (Å²) in [7, 11) is 0. The number of hydrogen-bond acceptors (Lipinski definition) is 4. The van der Waals surface area contributed by atoms with Gasteiger partial charge in [0.25, 0.3) is 0 Å². The van der Waals surface area contributed by atoms with Crippen molar-refractivity contribution in [3.05, 3.63) is 16.5 Å². The van der Waals surface area contributed by atoms with E-state index < -0.39 is 0 Å². The lowest BCUT2D eigenvalue weighted by Crippen LogP contribution is -2.10. The zero-order valence-corrected chi connectivity index (χ0v) is 11.7. The molecule has 1 unspecified atom stereocenters. The molecule has 0 amide bonds. The van der Waals surface area contributed by atoms with Crippen molar-refractivity contribution in [3.63, 3.8) is 0 Å². The summed E-state index contributed by atoms with van der Waals surface area (Å²) in [6, 6.07) is 0. The van der Waals surface area contributed by atoms with Crippen molar-refractivity contribution >= 4 is 21.7 Å². The van der Waals surface area contributed by atoms with Gasteiger partial charge < -0.3 is 10.1 Å². The fourth-order valence-corrected chi connectivity index (χ4v) is 2.20. The summed E-state index contributed by atoms with van der Waals surface area (Å²) in [5, 5.41) is 3.30. The lowest BCUT2D eigenvalue weighted by molar-refractivity contribution is 0.185. The molecule has 1 aromatic rings. The Morgan fingerprint density at radius 3 is 3.18 bits per heavy atom. The Morgan fingerprint density at radius 1 is 1.59 bits per heavy atom. The summed E-state index contributed by atoms with van der Waals surface area (Å²) in [6.45, 7) is 4.79. The van der Waals surface area contributed by atoms with Crippen molar-refractivity contribution in [1.29, 1.82) is 0 Å². The number of ether oxygens (including phenoxy) is 1. The summed E-state index contributed by atoms with van der Waals surface area (Å²) in [5.41, 5.74) is 0. The van der Waals surface area contributed by atoms with Gasteiger partial charge in [-0.3, -0.25) is 0 Å². The Hall–Kier alpha value is -0.680. The van der Waals surface area contributed by atoms with Crippen LogP contribution < -0.4 is 5.32 Å². The summed E-state index contributed by atoms with van der Waals surface area (Å²) in [5.74, 6) is 2.38. The molecule has 1 fully saturated rings. The Bertz CT molecular complexity index is 367. The summed E-state index contributed by atoms with van der Waals surface area (Å²) in [6.07, 6.45) is 4.95. The second-order valence-electron chi connectivity index (χ2n) is 4.34. The number of rotatable bonds is 5. The second-order valence-corrected chi connectivity index (χ2v) is 5.20. The fraction of sp³-hybridized carbons (Fsp3) is 0.667. The van der Waals surface area contributed by atoms with E-state index in [4.69, 9.17) is 4.74 Å². The largest absolute Gasteiger partial charge is 0.381 e. The monoisotopic (exact) mass is 299 g/mol. The van der Waals surface area contributed by atoms with E-state index in [1.165, 1.54) is 0 Å². The number of anilines is 1. The smallest absolute Gasteiger partial charge is 0.144 e. The van der Waals surface area contributed by atoms with Crippen LogP contribution in [0.3, 0.4) is 0 Å². The SMILES string of the molecule is CCCNc1nc(CC2CCOC2)ncc1Br. The third-order valence-corrected chi connectivity index (χ3v) is 3.41. The lowest BCUT2D eigenvalue weighted by atomic mass is 10.1. The molecule has 94 valence electrons. The third kappa shape index (κ3) is 3.64. The molecule has 17 heavy (non-hydrogen) atoms. The van der Waals surface area contributed by atoms with Crippen LogP contribution in [0.25, 0.3) is 0 Å². The zero-order valence-electron chi connectivity index (χ0n) is 10.1. The first-order chi connectivity index (χ1) is 8.29. The van der Waals surface area contributed by atoms with E-state index >= 15 is 0 Å². The van der Waals surface area contributed by atoms with Crippen molar-refractivity contribution in [2.75, 3.05) is 25.1 Å². The molecule has 1 aromatic heterocycles. The summed E-state index contributed by atoms with van der Waals surface area (Å²) >= 11 is 3.46. The van der Waals surface area contributed by atoms with Crippen molar-refractivity contribution in [3.8, 4) is 0 Å². The van der Waals surface area contributed by atoms with Gasteiger partial charge in [0.2, 0.25) is 0 Å². The number of aromatic nitrogens is 2. The van der Waals surface area contributed by atoms with E-state index in [1.54, 1.807) is 0 Å². The average molecular weight is 300 g/mol. The fourth-order valence-electron chi connectivity index (χ4n) is 1.87. The summed E-state index contributed by atoms with van der Waals surface area (Å²) < 4.78 is 6.30. The molecule has 2 rings (SSSR count). The van der Waals surface area contributed by atoms with Crippen LogP contribution in [0, 0.1) is 5.92 Å². The molecular formula is C12H18BrN3O. The highest BCUT2D eigenvalue weighted by molar-refractivity contribution is 9.10. The molecule has 0 aromatic carbocycles. The minimum Gasteiger partial charge on any atom is -0.381 e. The third-order valence-electron chi connectivity index (χ3n) is 2.83. The maximum Gasteiger partial charge on any atom is 0.144 e. The minimum absolute atomic E-state index is 0.579. The molecule has 0 radical (unpaired) electrons. The van der Waals surface area contributed by atoms with Gasteiger partial charge in [-0.1, -0.05) is 6.92 Å². The van der Waals surface area contributed by atoms with Gasteiger partial charge in [-0.25, -0.2) is 9.97 Å². The second kappa shape index (κ2) is 6.31. The van der Waals surface area contributed by atoms with Gasteiger partial charge in [0.05, 0.1) is 4.47 Å². The average Bonchev–Trinajstić information content (AvgIpc) is 2.82. The van der Waals surface area contributed by atoms with Crippen molar-refractivity contribution in [2.45, 2.75) is 26.2 Å². The minimum atomic E-state index is 0.579. The zero-order chi connectivity index (χ0) is 12.1. The van der Waals surface area contributed by atoms with Gasteiger partial charge in [0.15, 0.2) is 0 Å². The molecular weight excluding hydrogens is 282 g/mol. The van der Waals surface area contributed by atoms with Crippen molar-refractivity contribution in [1.82, 2.24) is 9.97 Å². The molecule has 0 saturated carbocycles. The normalized spacial score (nSPS) is 19.5. The Kier molecular flexibility index (Phi) is 4.74. The van der Waals surface area contributed by atoms with Crippen LogP contribution in [0.2, 0.25) is 0 Å². The molecule has 1 aliphatic heterocycles. The van der Waals surface area contributed by atoms with Gasteiger partial charge in [-0.2, -0.15) is 0 Å². The molecule has 0 bridgehead atoms. The first-order valence-electron chi connectivity index (χ1n) is 6.12. The maximum atomic E-state index is 5.37. The van der Waals surface area contributed by atoms with Crippen LogP contribution >= 0.6 is 15.9 Å². The molecule has 0 spiro atoms. The van der Waals surface area contributed by atoms with Crippen LogP contribution in [-0.4, -0.2) is 29.7 Å². The molecule has 0 aliphatic carbocycles.